The predicted molar refractivity (Wildman–Crippen MR) is 80.3 cm³/mol. The van der Waals surface area contributed by atoms with Crippen LogP contribution in [0.2, 0.25) is 0 Å². The lowest BCUT2D eigenvalue weighted by Gasteiger charge is -2.16. The van der Waals surface area contributed by atoms with Crippen LogP contribution in [-0.4, -0.2) is 0 Å². The van der Waals surface area contributed by atoms with Crippen molar-refractivity contribution in [1.29, 1.82) is 0 Å². The van der Waals surface area contributed by atoms with Crippen LogP contribution in [0.5, 0.6) is 0 Å². The van der Waals surface area contributed by atoms with Crippen LogP contribution in [0.25, 0.3) is 11.1 Å². The Bertz CT molecular complexity index is 630. The van der Waals surface area contributed by atoms with Crippen molar-refractivity contribution in [3.63, 3.8) is 0 Å². The van der Waals surface area contributed by atoms with Gasteiger partial charge < -0.3 is 0 Å². The third-order valence-electron chi connectivity index (χ3n) is 4.73. The van der Waals surface area contributed by atoms with E-state index in [-0.39, 0.29) is 0 Å². The molecule has 0 heteroatoms. The highest BCUT2D eigenvalue weighted by Crippen LogP contribution is 2.51. The first-order chi connectivity index (χ1) is 9.36. The molecular formula is C19H18. The summed E-state index contributed by atoms with van der Waals surface area (Å²) in [5, 5.41) is 0. The Hall–Kier alpha value is -1.82. The molecule has 0 aromatic heterocycles. The lowest BCUT2D eigenvalue weighted by Crippen LogP contribution is -2.00. The molecule has 19 heavy (non-hydrogen) atoms. The highest BCUT2D eigenvalue weighted by molar-refractivity contribution is 5.80. The molecule has 0 nitrogen and oxygen atoms in total. The molecule has 0 bridgehead atoms. The average Bonchev–Trinajstić information content (AvgIpc) is 3.00. The van der Waals surface area contributed by atoms with E-state index in [0.717, 1.165) is 0 Å². The molecule has 0 atom stereocenters. The van der Waals surface area contributed by atoms with Crippen LogP contribution in [0.3, 0.4) is 0 Å². The van der Waals surface area contributed by atoms with Gasteiger partial charge in [0.25, 0.3) is 0 Å². The van der Waals surface area contributed by atoms with Crippen molar-refractivity contribution >= 4 is 0 Å². The quantitative estimate of drug-likeness (QED) is 0.599. The van der Waals surface area contributed by atoms with Gasteiger partial charge in [0.2, 0.25) is 0 Å². The van der Waals surface area contributed by atoms with E-state index in [0.29, 0.717) is 5.92 Å². The smallest absolute Gasteiger partial charge is 0.0313 e. The van der Waals surface area contributed by atoms with Crippen LogP contribution in [0, 0.1) is 0 Å². The normalized spacial score (nSPS) is 17.7. The van der Waals surface area contributed by atoms with Crippen LogP contribution < -0.4 is 0 Å². The van der Waals surface area contributed by atoms with Gasteiger partial charge in [-0.05, 0) is 48.4 Å². The molecule has 94 valence electrons. The second kappa shape index (κ2) is 4.09. The maximum atomic E-state index is 2.33. The van der Waals surface area contributed by atoms with Crippen LogP contribution in [0.15, 0.2) is 59.7 Å². The van der Waals surface area contributed by atoms with Crippen LogP contribution in [0.1, 0.15) is 43.2 Å². The minimum absolute atomic E-state index is 0.523. The molecule has 0 amide bonds. The van der Waals surface area contributed by atoms with Crippen molar-refractivity contribution in [2.45, 2.75) is 32.1 Å². The molecule has 0 spiro atoms. The summed E-state index contributed by atoms with van der Waals surface area (Å²) < 4.78 is 0. The summed E-state index contributed by atoms with van der Waals surface area (Å²) in [4.78, 5) is 0. The second-order valence-corrected chi connectivity index (χ2v) is 5.77. The Kier molecular flexibility index (Phi) is 2.38. The third kappa shape index (κ3) is 1.53. The van der Waals surface area contributed by atoms with Crippen LogP contribution in [0.4, 0.5) is 0 Å². The molecule has 2 aliphatic rings. The van der Waals surface area contributed by atoms with E-state index in [2.05, 4.69) is 55.5 Å². The van der Waals surface area contributed by atoms with Gasteiger partial charge in [0.15, 0.2) is 0 Å². The highest BCUT2D eigenvalue weighted by Gasteiger charge is 2.32. The predicted octanol–water partition coefficient (Wildman–Crippen LogP) is 5.30. The first kappa shape index (κ1) is 11.0. The van der Waals surface area contributed by atoms with Gasteiger partial charge in [-0.3, -0.25) is 0 Å². The summed E-state index contributed by atoms with van der Waals surface area (Å²) in [6.07, 6.45) is 3.90. The average molecular weight is 246 g/mol. The number of rotatable bonds is 1. The van der Waals surface area contributed by atoms with E-state index >= 15 is 0 Å². The topological polar surface area (TPSA) is 0 Å². The van der Waals surface area contributed by atoms with Crippen molar-refractivity contribution < 1.29 is 0 Å². The summed E-state index contributed by atoms with van der Waals surface area (Å²) in [7, 11) is 0. The zero-order valence-electron chi connectivity index (χ0n) is 11.3. The van der Waals surface area contributed by atoms with Gasteiger partial charge in [0.1, 0.15) is 0 Å². The van der Waals surface area contributed by atoms with Crippen molar-refractivity contribution in [3.05, 3.63) is 70.8 Å². The molecule has 0 fully saturated rings. The molecule has 0 unspecified atom stereocenters. The largest absolute Gasteiger partial charge is 0.0732 e. The van der Waals surface area contributed by atoms with E-state index in [9.17, 15) is 0 Å². The van der Waals surface area contributed by atoms with E-state index in [1.165, 1.54) is 41.5 Å². The summed E-state index contributed by atoms with van der Waals surface area (Å²) in [6, 6.07) is 17.9. The molecule has 0 saturated heterocycles. The fourth-order valence-corrected chi connectivity index (χ4v) is 3.84. The van der Waals surface area contributed by atoms with Gasteiger partial charge in [-0.1, -0.05) is 59.7 Å². The Morgan fingerprint density at radius 1 is 0.789 bits per heavy atom. The fourth-order valence-electron chi connectivity index (χ4n) is 3.84. The number of hydrogen-bond donors (Lipinski definition) is 0. The van der Waals surface area contributed by atoms with Gasteiger partial charge in [-0.25, -0.2) is 0 Å². The summed E-state index contributed by atoms with van der Waals surface area (Å²) in [6.45, 7) is 2.33. The van der Waals surface area contributed by atoms with Crippen molar-refractivity contribution in [2.24, 2.45) is 0 Å². The number of allylic oxidation sites excluding steroid dienone is 2. The molecule has 0 aliphatic heterocycles. The first-order valence-corrected chi connectivity index (χ1v) is 7.23. The number of fused-ring (bicyclic) bond motifs is 3. The van der Waals surface area contributed by atoms with Gasteiger partial charge in [0, 0.05) is 5.92 Å². The van der Waals surface area contributed by atoms with E-state index in [1.807, 2.05) is 0 Å². The van der Waals surface area contributed by atoms with Gasteiger partial charge in [-0.15, -0.1) is 0 Å². The zero-order valence-corrected chi connectivity index (χ0v) is 11.3. The molecule has 0 saturated carbocycles. The maximum Gasteiger partial charge on any atom is 0.0313 e. The van der Waals surface area contributed by atoms with E-state index in [1.54, 1.807) is 11.1 Å². The maximum absolute atomic E-state index is 2.33. The number of hydrogen-bond acceptors (Lipinski definition) is 0. The standard InChI is InChI=1S/C19H18/c1-13-7-6-12-14(13)19-17-10-4-2-8-15(17)16-9-3-5-11-18(16)19/h2-5,8-11,19H,6-7,12H2,1H3. The zero-order chi connectivity index (χ0) is 12.8. The van der Waals surface area contributed by atoms with Gasteiger partial charge in [-0.2, -0.15) is 0 Å². The Balaban J connectivity index is 1.99. The Morgan fingerprint density at radius 3 is 1.89 bits per heavy atom. The summed E-state index contributed by atoms with van der Waals surface area (Å²) >= 11 is 0. The summed E-state index contributed by atoms with van der Waals surface area (Å²) in [5.41, 5.74) is 9.21. The van der Waals surface area contributed by atoms with Crippen LogP contribution >= 0.6 is 0 Å². The second-order valence-electron chi connectivity index (χ2n) is 5.77. The van der Waals surface area contributed by atoms with Gasteiger partial charge >= 0.3 is 0 Å². The lowest BCUT2D eigenvalue weighted by molar-refractivity contribution is 0.848. The molecule has 4 rings (SSSR count). The van der Waals surface area contributed by atoms with E-state index < -0.39 is 0 Å². The third-order valence-corrected chi connectivity index (χ3v) is 4.73. The molecule has 0 heterocycles. The molecule has 2 aliphatic carbocycles. The minimum atomic E-state index is 0.523. The van der Waals surface area contributed by atoms with Crippen molar-refractivity contribution in [2.75, 3.05) is 0 Å². The fraction of sp³-hybridized carbons (Fsp3) is 0.263. The monoisotopic (exact) mass is 246 g/mol. The van der Waals surface area contributed by atoms with Crippen molar-refractivity contribution in [1.82, 2.24) is 0 Å². The highest BCUT2D eigenvalue weighted by atomic mass is 14.4. The first-order valence-electron chi connectivity index (χ1n) is 7.23. The van der Waals surface area contributed by atoms with Gasteiger partial charge in [0.05, 0.1) is 0 Å². The number of benzene rings is 2. The molecule has 0 radical (unpaired) electrons. The van der Waals surface area contributed by atoms with Crippen LogP contribution in [-0.2, 0) is 0 Å². The molecular weight excluding hydrogens is 228 g/mol. The summed E-state index contributed by atoms with van der Waals surface area (Å²) in [5.74, 6) is 0.523. The molecule has 0 N–H and O–H groups in total. The minimum Gasteiger partial charge on any atom is -0.0732 e. The lowest BCUT2D eigenvalue weighted by atomic mass is 9.87. The Labute approximate surface area is 114 Å². The Morgan fingerprint density at radius 2 is 1.37 bits per heavy atom. The van der Waals surface area contributed by atoms with E-state index in [4.69, 9.17) is 0 Å². The van der Waals surface area contributed by atoms with Crippen molar-refractivity contribution in [3.8, 4) is 11.1 Å². The SMILES string of the molecule is CC1=C(C2c3ccccc3-c3ccccc32)CCC1. The molecule has 2 aromatic rings. The molecule has 2 aromatic carbocycles.